The van der Waals surface area contributed by atoms with E-state index in [1.807, 2.05) is 20.8 Å². The summed E-state index contributed by atoms with van der Waals surface area (Å²) in [5.74, 6) is 0. The van der Waals surface area contributed by atoms with Crippen molar-refractivity contribution in [3.63, 3.8) is 0 Å². The van der Waals surface area contributed by atoms with Crippen molar-refractivity contribution in [1.29, 1.82) is 0 Å². The third-order valence-corrected chi connectivity index (χ3v) is 4.28. The Morgan fingerprint density at radius 1 is 1.08 bits per heavy atom. The predicted octanol–water partition coefficient (Wildman–Crippen LogP) is 2.03. The van der Waals surface area contributed by atoms with Gasteiger partial charge >= 0.3 is 0 Å². The van der Waals surface area contributed by atoms with Crippen molar-refractivity contribution in [3.05, 3.63) is 0 Å². The highest BCUT2D eigenvalue weighted by Crippen LogP contribution is 2.38. The van der Waals surface area contributed by atoms with Crippen LogP contribution in [0, 0.1) is 0 Å². The summed E-state index contributed by atoms with van der Waals surface area (Å²) < 4.78 is 26.6. The Labute approximate surface area is 83.5 Å². The summed E-state index contributed by atoms with van der Waals surface area (Å²) in [5.41, 5.74) is 0.338. The van der Waals surface area contributed by atoms with Gasteiger partial charge in [-0.1, -0.05) is 0 Å². The van der Waals surface area contributed by atoms with Gasteiger partial charge in [0, 0.05) is 0 Å². The fraction of sp³-hybridized carbons (Fsp3) is 1.00. The molecule has 0 saturated carbocycles. The highest BCUT2D eigenvalue weighted by molar-refractivity contribution is 7.87. The smallest absolute Gasteiger partial charge is 0.186 e. The van der Waals surface area contributed by atoms with Crippen LogP contribution in [0.2, 0.25) is 0 Å². The summed E-state index contributed by atoms with van der Waals surface area (Å²) in [7, 11) is -1.04. The van der Waals surface area contributed by atoms with Gasteiger partial charge in [-0.25, -0.2) is 4.21 Å². The zero-order valence-corrected chi connectivity index (χ0v) is 10.0. The van der Waals surface area contributed by atoms with Gasteiger partial charge in [0.2, 0.25) is 0 Å². The van der Waals surface area contributed by atoms with Crippen molar-refractivity contribution < 1.29 is 17.4 Å². The van der Waals surface area contributed by atoms with Crippen LogP contribution in [-0.4, -0.2) is 29.5 Å². The second-order valence-corrected chi connectivity index (χ2v) is 5.07. The van der Waals surface area contributed by atoms with Gasteiger partial charge in [0.1, 0.15) is 5.49 Å². The monoisotopic (exact) mass is 228 g/mol. The van der Waals surface area contributed by atoms with Crippen LogP contribution in [-0.2, 0) is 24.3 Å². The maximum atomic E-state index is 11.1. The zero-order valence-electron chi connectivity index (χ0n) is 8.32. The summed E-state index contributed by atoms with van der Waals surface area (Å²) in [6.07, 6.45) is 0. The van der Waals surface area contributed by atoms with Gasteiger partial charge in [-0.2, -0.15) is 0 Å². The van der Waals surface area contributed by atoms with E-state index < -0.39 is 19.5 Å². The minimum Gasteiger partial charge on any atom is -0.334 e. The fourth-order valence-corrected chi connectivity index (χ4v) is 3.15. The third kappa shape index (κ3) is 7.52. The van der Waals surface area contributed by atoms with Crippen molar-refractivity contribution in [3.8, 4) is 0 Å². The Morgan fingerprint density at radius 3 is 2.00 bits per heavy atom. The maximum absolute atomic E-state index is 11.1. The van der Waals surface area contributed by atoms with Crippen LogP contribution in [0.4, 0.5) is 0 Å². The van der Waals surface area contributed by atoms with E-state index in [1.54, 1.807) is 0 Å². The van der Waals surface area contributed by atoms with E-state index in [-0.39, 0.29) is 0 Å². The molecule has 80 valence electrons. The number of hydrogen-bond acceptors (Lipinski definition) is 4. The van der Waals surface area contributed by atoms with Gasteiger partial charge < -0.3 is 9.05 Å². The van der Waals surface area contributed by atoms with E-state index in [0.29, 0.717) is 25.3 Å². The van der Waals surface area contributed by atoms with Crippen LogP contribution in [0.25, 0.3) is 0 Å². The molecule has 0 aliphatic carbocycles. The Hall–Kier alpha value is 0.460. The van der Waals surface area contributed by atoms with Crippen LogP contribution < -0.4 is 0 Å². The third-order valence-electron chi connectivity index (χ3n) is 1.01. The van der Waals surface area contributed by atoms with Crippen molar-refractivity contribution >= 4 is 19.5 Å². The average Bonchev–Trinajstić information content (AvgIpc) is 2.05. The number of hydrogen-bond donors (Lipinski definition) is 0. The molecule has 6 heteroatoms. The van der Waals surface area contributed by atoms with E-state index in [1.165, 1.54) is 0 Å². The lowest BCUT2D eigenvalue weighted by Gasteiger charge is -2.14. The van der Waals surface area contributed by atoms with Crippen molar-refractivity contribution in [2.24, 2.45) is 0 Å². The second-order valence-electron chi connectivity index (χ2n) is 2.01. The highest BCUT2D eigenvalue weighted by Gasteiger charge is 2.13. The van der Waals surface area contributed by atoms with Crippen LogP contribution in [0.5, 0.6) is 0 Å². The van der Waals surface area contributed by atoms with Crippen LogP contribution in [0.3, 0.4) is 0 Å². The summed E-state index contributed by atoms with van der Waals surface area (Å²) in [6, 6.07) is 0. The van der Waals surface area contributed by atoms with Crippen molar-refractivity contribution in [2.75, 3.05) is 25.3 Å². The van der Waals surface area contributed by atoms with E-state index >= 15 is 0 Å². The van der Waals surface area contributed by atoms with Crippen LogP contribution >= 0.6 is 8.38 Å². The molecular formula is C7H17O4PS. The first kappa shape index (κ1) is 13.5. The van der Waals surface area contributed by atoms with Crippen molar-refractivity contribution in [2.45, 2.75) is 20.8 Å². The van der Waals surface area contributed by atoms with Crippen LogP contribution in [0.15, 0.2) is 0 Å². The SMILES string of the molecule is CCOP(CS(=O)OCC)OCC. The molecule has 13 heavy (non-hydrogen) atoms. The summed E-state index contributed by atoms with van der Waals surface area (Å²) >= 11 is -1.27. The molecular weight excluding hydrogens is 211 g/mol. The molecule has 0 bridgehead atoms. The molecule has 0 radical (unpaired) electrons. The number of rotatable bonds is 8. The van der Waals surface area contributed by atoms with Gasteiger partial charge in [-0.05, 0) is 20.8 Å². The summed E-state index contributed by atoms with van der Waals surface area (Å²) in [4.78, 5) is 0. The molecule has 0 heterocycles. The Balaban J connectivity index is 3.71. The quantitative estimate of drug-likeness (QED) is 0.596. The lowest BCUT2D eigenvalue weighted by atomic mass is 10.9. The lowest BCUT2D eigenvalue weighted by Crippen LogP contribution is -2.04. The molecule has 0 saturated heterocycles. The molecule has 0 aromatic rings. The zero-order chi connectivity index (χ0) is 10.1. The molecule has 0 aromatic carbocycles. The van der Waals surface area contributed by atoms with Gasteiger partial charge in [-0.15, -0.1) is 0 Å². The molecule has 1 unspecified atom stereocenters. The molecule has 0 aliphatic heterocycles. The highest BCUT2D eigenvalue weighted by atomic mass is 32.2. The van der Waals surface area contributed by atoms with Gasteiger partial charge in [0.25, 0.3) is 0 Å². The van der Waals surface area contributed by atoms with Gasteiger partial charge in [0.05, 0.1) is 19.8 Å². The Morgan fingerprint density at radius 2 is 1.62 bits per heavy atom. The summed E-state index contributed by atoms with van der Waals surface area (Å²) in [6.45, 7) is 7.19. The molecule has 1 atom stereocenters. The lowest BCUT2D eigenvalue weighted by molar-refractivity contribution is 0.271. The maximum Gasteiger partial charge on any atom is 0.186 e. The minimum atomic E-state index is -1.27. The van der Waals surface area contributed by atoms with E-state index in [2.05, 4.69) is 0 Å². The van der Waals surface area contributed by atoms with Crippen LogP contribution in [0.1, 0.15) is 20.8 Å². The minimum absolute atomic E-state index is 0.338. The average molecular weight is 228 g/mol. The molecule has 0 rings (SSSR count). The predicted molar refractivity (Wildman–Crippen MR) is 54.8 cm³/mol. The molecule has 0 aromatic heterocycles. The van der Waals surface area contributed by atoms with Crippen molar-refractivity contribution in [1.82, 2.24) is 0 Å². The molecule has 0 aliphatic rings. The van der Waals surface area contributed by atoms with E-state index in [0.717, 1.165) is 0 Å². The van der Waals surface area contributed by atoms with E-state index in [4.69, 9.17) is 13.2 Å². The molecule has 0 fully saturated rings. The first-order chi connectivity index (χ1) is 6.24. The standard InChI is InChI=1S/C7H17O4PS/c1-4-9-12(10-5-2)7-13(8)11-6-3/h4-7H2,1-3H3. The summed E-state index contributed by atoms with van der Waals surface area (Å²) in [5, 5.41) is 0. The van der Waals surface area contributed by atoms with Gasteiger partial charge in [-0.3, -0.25) is 4.18 Å². The fourth-order valence-electron chi connectivity index (χ4n) is 0.655. The molecule has 0 spiro atoms. The normalized spacial score (nSPS) is 13.5. The largest absolute Gasteiger partial charge is 0.334 e. The topological polar surface area (TPSA) is 44.8 Å². The Bertz CT molecular complexity index is 138. The first-order valence-electron chi connectivity index (χ1n) is 4.29. The Kier molecular flexibility index (Phi) is 9.35. The van der Waals surface area contributed by atoms with Gasteiger partial charge in [0.15, 0.2) is 19.5 Å². The molecule has 4 nitrogen and oxygen atoms in total. The van der Waals surface area contributed by atoms with E-state index in [9.17, 15) is 4.21 Å². The molecule has 0 amide bonds. The second kappa shape index (κ2) is 9.03. The molecule has 0 N–H and O–H groups in total. The first-order valence-corrected chi connectivity index (χ1v) is 6.90.